The van der Waals surface area contributed by atoms with Crippen molar-refractivity contribution >= 4 is 5.97 Å². The minimum atomic E-state index is -4.68. The number of nitrogens with zero attached hydrogens (tertiary/aromatic N) is 4. The molecule has 0 saturated carbocycles. The lowest BCUT2D eigenvalue weighted by Gasteiger charge is -2.06. The van der Waals surface area contributed by atoms with Crippen molar-refractivity contribution < 1.29 is 28.2 Å². The van der Waals surface area contributed by atoms with E-state index >= 15 is 0 Å². The van der Waals surface area contributed by atoms with Crippen LogP contribution in [0.5, 0.6) is 5.88 Å². The number of carboxylic acids is 1. The van der Waals surface area contributed by atoms with E-state index in [2.05, 4.69) is 15.1 Å². The zero-order valence-corrected chi connectivity index (χ0v) is 8.96. The molecular weight excluding hydrogens is 269 g/mol. The summed E-state index contributed by atoms with van der Waals surface area (Å²) < 4.78 is 37.8. The van der Waals surface area contributed by atoms with Crippen LogP contribution in [0.25, 0.3) is 5.95 Å². The summed E-state index contributed by atoms with van der Waals surface area (Å²) in [6.07, 6.45) is -3.86. The molecule has 0 aliphatic heterocycles. The summed E-state index contributed by atoms with van der Waals surface area (Å²) in [5, 5.41) is 21.4. The van der Waals surface area contributed by atoms with Gasteiger partial charge in [-0.2, -0.15) is 23.0 Å². The van der Waals surface area contributed by atoms with Crippen molar-refractivity contribution in [3.63, 3.8) is 0 Å². The first-order chi connectivity index (χ1) is 8.79. The van der Waals surface area contributed by atoms with Crippen LogP contribution in [0.3, 0.4) is 0 Å². The predicted molar refractivity (Wildman–Crippen MR) is 52.8 cm³/mol. The molecule has 2 N–H and O–H groups in total. The van der Waals surface area contributed by atoms with E-state index in [0.717, 1.165) is 12.3 Å². The maximum Gasteiger partial charge on any atom is 0.433 e. The average molecular weight is 274 g/mol. The van der Waals surface area contributed by atoms with Crippen LogP contribution in [0.1, 0.15) is 16.2 Å². The normalized spacial score (nSPS) is 11.5. The molecule has 10 heteroatoms. The molecule has 0 aliphatic carbocycles. The van der Waals surface area contributed by atoms with Crippen LogP contribution in [-0.4, -0.2) is 35.9 Å². The summed E-state index contributed by atoms with van der Waals surface area (Å²) >= 11 is 0. The van der Waals surface area contributed by atoms with E-state index in [-0.39, 0.29) is 0 Å². The van der Waals surface area contributed by atoms with Crippen molar-refractivity contribution in [3.8, 4) is 11.8 Å². The Morgan fingerprint density at radius 2 is 2.05 bits per heavy atom. The third kappa shape index (κ3) is 2.46. The molecule has 0 bridgehead atoms. The van der Waals surface area contributed by atoms with Gasteiger partial charge in [0.25, 0.3) is 5.95 Å². The molecule has 0 fully saturated rings. The lowest BCUT2D eigenvalue weighted by Crippen LogP contribution is -2.12. The van der Waals surface area contributed by atoms with Crippen LogP contribution in [0.2, 0.25) is 0 Å². The molecule has 0 radical (unpaired) electrons. The number of rotatable bonds is 2. The topological polar surface area (TPSA) is 101 Å². The first-order valence-electron chi connectivity index (χ1n) is 4.72. The number of hydrogen-bond acceptors (Lipinski definition) is 5. The van der Waals surface area contributed by atoms with Crippen molar-refractivity contribution in [1.82, 2.24) is 19.7 Å². The minimum Gasteiger partial charge on any atom is -0.493 e. The van der Waals surface area contributed by atoms with Gasteiger partial charge >= 0.3 is 12.1 Å². The first-order valence-corrected chi connectivity index (χ1v) is 4.72. The Balaban J connectivity index is 2.50. The summed E-state index contributed by atoms with van der Waals surface area (Å²) in [4.78, 5) is 17.3. The van der Waals surface area contributed by atoms with Crippen LogP contribution in [0.4, 0.5) is 13.2 Å². The summed E-state index contributed by atoms with van der Waals surface area (Å²) in [6.45, 7) is 0. The van der Waals surface area contributed by atoms with E-state index in [1.165, 1.54) is 0 Å². The summed E-state index contributed by atoms with van der Waals surface area (Å²) in [5.74, 6) is -2.71. The third-order valence-corrected chi connectivity index (χ3v) is 2.03. The van der Waals surface area contributed by atoms with Gasteiger partial charge in [0.2, 0.25) is 5.88 Å². The molecule has 0 amide bonds. The van der Waals surface area contributed by atoms with Gasteiger partial charge in [-0.3, -0.25) is 0 Å². The standard InChI is InChI=1S/C9H5F3N4O3/c10-9(11,12)5-1-2-13-8(14-5)16-6(17)3-4(15-16)7(18)19/h1-3,17H,(H,18,19). The monoisotopic (exact) mass is 274 g/mol. The molecule has 0 atom stereocenters. The highest BCUT2D eigenvalue weighted by Crippen LogP contribution is 2.27. The van der Waals surface area contributed by atoms with Crippen LogP contribution in [0, 0.1) is 0 Å². The van der Waals surface area contributed by atoms with Gasteiger partial charge in [-0.25, -0.2) is 14.8 Å². The Labute approximate surface area is 103 Å². The fourth-order valence-corrected chi connectivity index (χ4v) is 1.23. The first kappa shape index (κ1) is 12.8. The number of aromatic carboxylic acids is 1. The quantitative estimate of drug-likeness (QED) is 0.849. The summed E-state index contributed by atoms with van der Waals surface area (Å²) in [5.41, 5.74) is -1.78. The molecule has 7 nitrogen and oxygen atoms in total. The molecule has 0 saturated heterocycles. The van der Waals surface area contributed by atoms with Crippen LogP contribution in [0.15, 0.2) is 18.3 Å². The van der Waals surface area contributed by atoms with Gasteiger partial charge in [0, 0.05) is 12.3 Å². The number of halogens is 3. The van der Waals surface area contributed by atoms with E-state index in [4.69, 9.17) is 5.11 Å². The highest BCUT2D eigenvalue weighted by atomic mass is 19.4. The van der Waals surface area contributed by atoms with Crippen LogP contribution < -0.4 is 0 Å². The number of carbonyl (C=O) groups is 1. The van der Waals surface area contributed by atoms with Crippen molar-refractivity contribution in [3.05, 3.63) is 29.7 Å². The summed E-state index contributed by atoms with van der Waals surface area (Å²) in [6, 6.07) is 1.41. The molecule has 0 aromatic carbocycles. The Kier molecular flexibility index (Phi) is 2.85. The number of alkyl halides is 3. The third-order valence-electron chi connectivity index (χ3n) is 2.03. The van der Waals surface area contributed by atoms with Crippen molar-refractivity contribution in [2.75, 3.05) is 0 Å². The number of hydrogen-bond donors (Lipinski definition) is 2. The largest absolute Gasteiger partial charge is 0.493 e. The second-order valence-corrected chi connectivity index (χ2v) is 3.34. The van der Waals surface area contributed by atoms with E-state index in [0.29, 0.717) is 10.7 Å². The predicted octanol–water partition coefficient (Wildman–Crippen LogP) is 1.08. The molecule has 2 aromatic rings. The fourth-order valence-electron chi connectivity index (χ4n) is 1.23. The van der Waals surface area contributed by atoms with Gasteiger partial charge in [0.1, 0.15) is 5.69 Å². The molecule has 0 spiro atoms. The average Bonchev–Trinajstić information content (AvgIpc) is 2.71. The minimum absolute atomic E-state index is 0.499. The zero-order valence-electron chi connectivity index (χ0n) is 8.96. The molecule has 100 valence electrons. The smallest absolute Gasteiger partial charge is 0.433 e. The lowest BCUT2D eigenvalue weighted by molar-refractivity contribution is -0.141. The number of aromatic nitrogens is 4. The van der Waals surface area contributed by atoms with E-state index in [9.17, 15) is 23.1 Å². The van der Waals surface area contributed by atoms with Gasteiger partial charge in [0.15, 0.2) is 5.69 Å². The fraction of sp³-hybridized carbons (Fsp3) is 0.111. The zero-order chi connectivity index (χ0) is 14.2. The van der Waals surface area contributed by atoms with Crippen molar-refractivity contribution in [1.29, 1.82) is 0 Å². The Morgan fingerprint density at radius 3 is 2.58 bits per heavy atom. The molecule has 2 heterocycles. The van der Waals surface area contributed by atoms with Gasteiger partial charge in [-0.05, 0) is 6.07 Å². The number of carboxylic acid groups (broad SMARTS) is 1. The van der Waals surface area contributed by atoms with Crippen LogP contribution in [-0.2, 0) is 6.18 Å². The Morgan fingerprint density at radius 1 is 1.37 bits per heavy atom. The van der Waals surface area contributed by atoms with E-state index < -0.39 is 35.4 Å². The SMILES string of the molecule is O=C(O)c1cc(O)n(-c2nccc(C(F)(F)F)n2)n1. The Hall–Kier alpha value is -2.65. The van der Waals surface area contributed by atoms with Crippen molar-refractivity contribution in [2.45, 2.75) is 6.18 Å². The molecule has 2 aromatic heterocycles. The second-order valence-electron chi connectivity index (χ2n) is 3.34. The maximum atomic E-state index is 12.4. The highest BCUT2D eigenvalue weighted by molar-refractivity contribution is 5.85. The number of aromatic hydroxyl groups is 1. The van der Waals surface area contributed by atoms with Crippen LogP contribution >= 0.6 is 0 Å². The molecule has 19 heavy (non-hydrogen) atoms. The second kappa shape index (κ2) is 4.23. The van der Waals surface area contributed by atoms with Gasteiger partial charge in [-0.1, -0.05) is 0 Å². The molecular formula is C9H5F3N4O3. The molecule has 0 unspecified atom stereocenters. The highest BCUT2D eigenvalue weighted by Gasteiger charge is 2.33. The molecule has 0 aliphatic rings. The van der Waals surface area contributed by atoms with Gasteiger partial charge in [-0.15, -0.1) is 0 Å². The van der Waals surface area contributed by atoms with Gasteiger partial charge < -0.3 is 10.2 Å². The lowest BCUT2D eigenvalue weighted by atomic mass is 10.4. The summed E-state index contributed by atoms with van der Waals surface area (Å²) in [7, 11) is 0. The molecule has 2 rings (SSSR count). The van der Waals surface area contributed by atoms with Crippen molar-refractivity contribution in [2.24, 2.45) is 0 Å². The van der Waals surface area contributed by atoms with Gasteiger partial charge in [0.05, 0.1) is 0 Å². The Bertz CT molecular complexity index is 638. The van der Waals surface area contributed by atoms with E-state index in [1.807, 2.05) is 0 Å². The maximum absolute atomic E-state index is 12.4. The van der Waals surface area contributed by atoms with E-state index in [1.54, 1.807) is 0 Å².